The summed E-state index contributed by atoms with van der Waals surface area (Å²) in [6, 6.07) is 15.1. The molecular formula is C19H18N2O3S. The van der Waals surface area contributed by atoms with Crippen LogP contribution in [-0.4, -0.2) is 35.3 Å². The molecule has 0 N–H and O–H groups in total. The number of carbonyl (C=O) groups is 1. The maximum absolute atomic E-state index is 12.6. The zero-order valence-electron chi connectivity index (χ0n) is 14.0. The molecule has 0 amide bonds. The Bertz CT molecular complexity index is 862. The van der Waals surface area contributed by atoms with Crippen LogP contribution in [0.5, 0.6) is 11.5 Å². The van der Waals surface area contributed by atoms with Gasteiger partial charge in [0.15, 0.2) is 10.9 Å². The Morgan fingerprint density at radius 2 is 1.92 bits per heavy atom. The summed E-state index contributed by atoms with van der Waals surface area (Å²) in [7, 11) is 3.12. The Hall–Kier alpha value is -2.73. The number of hydrogen-bond acceptors (Lipinski definition) is 5. The van der Waals surface area contributed by atoms with Gasteiger partial charge in [-0.05, 0) is 24.3 Å². The minimum absolute atomic E-state index is 0.0212. The lowest BCUT2D eigenvalue weighted by Gasteiger charge is -2.10. The van der Waals surface area contributed by atoms with E-state index < -0.39 is 0 Å². The minimum Gasteiger partial charge on any atom is -0.497 e. The predicted octanol–water partition coefficient (Wildman–Crippen LogP) is 3.86. The summed E-state index contributed by atoms with van der Waals surface area (Å²) in [6.45, 7) is 0. The molecule has 0 atom stereocenters. The molecule has 1 aromatic heterocycles. The smallest absolute Gasteiger partial charge is 0.176 e. The number of imidazole rings is 1. The number of para-hydroxylation sites is 1. The van der Waals surface area contributed by atoms with Crippen molar-refractivity contribution in [3.63, 3.8) is 0 Å². The third kappa shape index (κ3) is 3.85. The van der Waals surface area contributed by atoms with Crippen LogP contribution in [0.1, 0.15) is 10.4 Å². The first-order valence-electron chi connectivity index (χ1n) is 7.69. The van der Waals surface area contributed by atoms with E-state index in [-0.39, 0.29) is 11.5 Å². The number of methoxy groups -OCH3 is 2. The second kappa shape index (κ2) is 7.90. The highest BCUT2D eigenvalue weighted by atomic mass is 32.2. The molecule has 0 saturated heterocycles. The maximum atomic E-state index is 12.6. The van der Waals surface area contributed by atoms with Crippen molar-refractivity contribution < 1.29 is 14.3 Å². The normalized spacial score (nSPS) is 10.5. The molecule has 2 aromatic carbocycles. The Labute approximate surface area is 150 Å². The standard InChI is InChI=1S/C19H18N2O3S/c1-23-15-8-9-16(18(12-15)24-2)17(22)13-25-19-20-10-11-21(19)14-6-4-3-5-7-14/h3-12H,13H2,1-2H3. The van der Waals surface area contributed by atoms with Gasteiger partial charge >= 0.3 is 0 Å². The number of benzene rings is 2. The van der Waals surface area contributed by atoms with E-state index in [1.165, 1.54) is 11.8 Å². The Balaban J connectivity index is 1.75. The molecule has 5 nitrogen and oxygen atoms in total. The molecule has 0 bridgehead atoms. The third-order valence-electron chi connectivity index (χ3n) is 3.68. The van der Waals surface area contributed by atoms with Crippen LogP contribution in [0.15, 0.2) is 66.1 Å². The molecule has 25 heavy (non-hydrogen) atoms. The lowest BCUT2D eigenvalue weighted by atomic mass is 10.1. The van der Waals surface area contributed by atoms with Gasteiger partial charge in [0.25, 0.3) is 0 Å². The van der Waals surface area contributed by atoms with Gasteiger partial charge < -0.3 is 9.47 Å². The molecule has 0 aliphatic heterocycles. The number of hydrogen-bond donors (Lipinski definition) is 0. The summed E-state index contributed by atoms with van der Waals surface area (Å²) in [5.41, 5.74) is 1.55. The second-order valence-corrected chi connectivity index (χ2v) is 6.14. The minimum atomic E-state index is -0.0212. The number of thioether (sulfide) groups is 1. The molecule has 6 heteroatoms. The monoisotopic (exact) mass is 354 g/mol. The fourth-order valence-corrected chi connectivity index (χ4v) is 3.27. The highest BCUT2D eigenvalue weighted by Crippen LogP contribution is 2.27. The van der Waals surface area contributed by atoms with Gasteiger partial charge in [0.2, 0.25) is 0 Å². The molecule has 3 rings (SSSR count). The van der Waals surface area contributed by atoms with Crippen LogP contribution < -0.4 is 9.47 Å². The van der Waals surface area contributed by atoms with Crippen molar-refractivity contribution >= 4 is 17.5 Å². The van der Waals surface area contributed by atoms with E-state index in [1.807, 2.05) is 41.1 Å². The van der Waals surface area contributed by atoms with E-state index in [2.05, 4.69) is 4.98 Å². The van der Waals surface area contributed by atoms with Crippen LogP contribution in [-0.2, 0) is 0 Å². The van der Waals surface area contributed by atoms with Crippen molar-refractivity contribution in [2.45, 2.75) is 5.16 Å². The molecular weight excluding hydrogens is 336 g/mol. The van der Waals surface area contributed by atoms with Crippen molar-refractivity contribution in [1.82, 2.24) is 9.55 Å². The number of ether oxygens (including phenoxy) is 2. The molecule has 0 saturated carbocycles. The zero-order chi connectivity index (χ0) is 17.6. The van der Waals surface area contributed by atoms with Crippen molar-refractivity contribution in [3.8, 4) is 17.2 Å². The molecule has 0 radical (unpaired) electrons. The van der Waals surface area contributed by atoms with Gasteiger partial charge in [-0.1, -0.05) is 30.0 Å². The number of carbonyl (C=O) groups excluding carboxylic acids is 1. The van der Waals surface area contributed by atoms with E-state index in [4.69, 9.17) is 9.47 Å². The van der Waals surface area contributed by atoms with Gasteiger partial charge in [0.05, 0.1) is 25.5 Å². The summed E-state index contributed by atoms with van der Waals surface area (Å²) in [5.74, 6) is 1.41. The lowest BCUT2D eigenvalue weighted by Crippen LogP contribution is -2.06. The molecule has 0 unspecified atom stereocenters. The summed E-state index contributed by atoms with van der Waals surface area (Å²) in [4.78, 5) is 16.9. The maximum Gasteiger partial charge on any atom is 0.176 e. The van der Waals surface area contributed by atoms with Crippen LogP contribution in [0, 0.1) is 0 Å². The molecule has 3 aromatic rings. The van der Waals surface area contributed by atoms with Gasteiger partial charge in [-0.2, -0.15) is 0 Å². The van der Waals surface area contributed by atoms with Gasteiger partial charge in [0, 0.05) is 24.1 Å². The van der Waals surface area contributed by atoms with Crippen LogP contribution >= 0.6 is 11.8 Å². The topological polar surface area (TPSA) is 53.3 Å². The van der Waals surface area contributed by atoms with Crippen LogP contribution in [0.25, 0.3) is 5.69 Å². The van der Waals surface area contributed by atoms with E-state index in [1.54, 1.807) is 38.6 Å². The van der Waals surface area contributed by atoms with E-state index in [9.17, 15) is 4.79 Å². The average Bonchev–Trinajstić information content (AvgIpc) is 3.14. The van der Waals surface area contributed by atoms with Gasteiger partial charge in [0.1, 0.15) is 11.5 Å². The molecule has 0 aliphatic rings. The van der Waals surface area contributed by atoms with Crippen molar-refractivity contribution in [2.75, 3.05) is 20.0 Å². The summed E-state index contributed by atoms with van der Waals surface area (Å²) in [5, 5.41) is 0.770. The Morgan fingerprint density at radius 3 is 2.64 bits per heavy atom. The van der Waals surface area contributed by atoms with E-state index >= 15 is 0 Å². The summed E-state index contributed by atoms with van der Waals surface area (Å²) >= 11 is 1.40. The van der Waals surface area contributed by atoms with E-state index in [0.717, 1.165) is 10.8 Å². The number of aromatic nitrogens is 2. The predicted molar refractivity (Wildman–Crippen MR) is 98.2 cm³/mol. The molecule has 0 spiro atoms. The zero-order valence-corrected chi connectivity index (χ0v) is 14.8. The van der Waals surface area contributed by atoms with Gasteiger partial charge in [-0.15, -0.1) is 0 Å². The molecule has 1 heterocycles. The highest BCUT2D eigenvalue weighted by molar-refractivity contribution is 7.99. The van der Waals surface area contributed by atoms with Crippen LogP contribution in [0.2, 0.25) is 0 Å². The Morgan fingerprint density at radius 1 is 1.12 bits per heavy atom. The molecule has 128 valence electrons. The molecule has 0 fully saturated rings. The highest BCUT2D eigenvalue weighted by Gasteiger charge is 2.15. The number of Topliss-reactive ketones (excluding diaryl/α,β-unsaturated/α-hetero) is 1. The second-order valence-electron chi connectivity index (χ2n) is 5.19. The summed E-state index contributed by atoms with van der Waals surface area (Å²) in [6.07, 6.45) is 3.61. The van der Waals surface area contributed by atoms with Crippen molar-refractivity contribution in [2.24, 2.45) is 0 Å². The fourth-order valence-electron chi connectivity index (χ4n) is 2.42. The van der Waals surface area contributed by atoms with Gasteiger partial charge in [-0.25, -0.2) is 4.98 Å². The first-order valence-corrected chi connectivity index (χ1v) is 8.68. The Kier molecular flexibility index (Phi) is 5.40. The average molecular weight is 354 g/mol. The first-order chi connectivity index (χ1) is 12.2. The lowest BCUT2D eigenvalue weighted by molar-refractivity contribution is 0.101. The first kappa shape index (κ1) is 17.1. The number of ketones is 1. The number of nitrogens with zero attached hydrogens (tertiary/aromatic N) is 2. The van der Waals surface area contributed by atoms with Crippen molar-refractivity contribution in [3.05, 3.63) is 66.5 Å². The summed E-state index contributed by atoms with van der Waals surface area (Å²) < 4.78 is 12.4. The SMILES string of the molecule is COc1ccc(C(=O)CSc2nccn2-c2ccccc2)c(OC)c1. The van der Waals surface area contributed by atoms with Crippen LogP contribution in [0.3, 0.4) is 0 Å². The van der Waals surface area contributed by atoms with Crippen LogP contribution in [0.4, 0.5) is 0 Å². The molecule has 0 aliphatic carbocycles. The fraction of sp³-hybridized carbons (Fsp3) is 0.158. The third-order valence-corrected chi connectivity index (χ3v) is 4.65. The van der Waals surface area contributed by atoms with Gasteiger partial charge in [-0.3, -0.25) is 9.36 Å². The quantitative estimate of drug-likeness (QED) is 0.476. The van der Waals surface area contributed by atoms with Crippen molar-refractivity contribution in [1.29, 1.82) is 0 Å². The van der Waals surface area contributed by atoms with E-state index in [0.29, 0.717) is 17.1 Å². The largest absolute Gasteiger partial charge is 0.497 e. The number of rotatable bonds is 7.